The molecule has 4 nitrogen and oxygen atoms in total. The first-order valence-corrected chi connectivity index (χ1v) is 6.99. The zero-order valence-electron chi connectivity index (χ0n) is 11.9. The lowest BCUT2D eigenvalue weighted by Gasteiger charge is -2.26. The number of ether oxygens (including phenoxy) is 1. The van der Waals surface area contributed by atoms with Gasteiger partial charge in [-0.05, 0) is 58.2 Å². The fourth-order valence-electron chi connectivity index (χ4n) is 3.18. The van der Waals surface area contributed by atoms with E-state index in [0.29, 0.717) is 5.41 Å². The maximum Gasteiger partial charge on any atom is 0.311 e. The molecule has 0 aromatic carbocycles. The van der Waals surface area contributed by atoms with Crippen molar-refractivity contribution < 1.29 is 9.53 Å². The van der Waals surface area contributed by atoms with Crippen LogP contribution in [0.3, 0.4) is 0 Å². The maximum absolute atomic E-state index is 11.6. The Balaban J connectivity index is 1.80. The Morgan fingerprint density at radius 3 is 2.83 bits per heavy atom. The molecule has 2 aliphatic heterocycles. The van der Waals surface area contributed by atoms with Crippen molar-refractivity contribution in [3.05, 3.63) is 0 Å². The molecule has 2 rings (SSSR count). The summed E-state index contributed by atoms with van der Waals surface area (Å²) < 4.78 is 4.86. The highest BCUT2D eigenvalue weighted by atomic mass is 16.5. The van der Waals surface area contributed by atoms with E-state index in [9.17, 15) is 4.79 Å². The monoisotopic (exact) mass is 254 g/mol. The summed E-state index contributed by atoms with van der Waals surface area (Å²) in [5, 5.41) is 3.47. The van der Waals surface area contributed by atoms with E-state index >= 15 is 0 Å². The highest BCUT2D eigenvalue weighted by Gasteiger charge is 2.40. The lowest BCUT2D eigenvalue weighted by atomic mass is 9.86. The predicted molar refractivity (Wildman–Crippen MR) is 71.4 cm³/mol. The molecule has 1 N–H and O–H groups in total. The van der Waals surface area contributed by atoms with Gasteiger partial charge in [0.25, 0.3) is 0 Å². The lowest BCUT2D eigenvalue weighted by molar-refractivity contribution is -0.151. The molecule has 2 heterocycles. The number of nitrogens with zero attached hydrogens (tertiary/aromatic N) is 1. The van der Waals surface area contributed by atoms with E-state index in [2.05, 4.69) is 10.2 Å². The zero-order valence-corrected chi connectivity index (χ0v) is 11.9. The first kappa shape index (κ1) is 13.8. The second-order valence-electron chi connectivity index (χ2n) is 6.58. The number of likely N-dealkylation sites (tertiary alicyclic amines) is 1. The van der Waals surface area contributed by atoms with Crippen LogP contribution in [0.2, 0.25) is 0 Å². The normalized spacial score (nSPS) is 29.1. The van der Waals surface area contributed by atoms with Crippen LogP contribution >= 0.6 is 0 Å². The summed E-state index contributed by atoms with van der Waals surface area (Å²) in [5.74, 6) is -0.0982. The van der Waals surface area contributed by atoms with Crippen LogP contribution in [0.5, 0.6) is 0 Å². The number of esters is 1. The number of carbonyl (C=O) groups excluding carboxylic acids is 1. The van der Waals surface area contributed by atoms with Crippen LogP contribution in [0.4, 0.5) is 0 Å². The second kappa shape index (κ2) is 5.17. The summed E-state index contributed by atoms with van der Waals surface area (Å²) in [5.41, 5.74) is 0.161. The molecule has 1 spiro atoms. The van der Waals surface area contributed by atoms with Crippen LogP contribution in [-0.4, -0.2) is 50.7 Å². The van der Waals surface area contributed by atoms with Gasteiger partial charge >= 0.3 is 5.97 Å². The van der Waals surface area contributed by atoms with Crippen molar-refractivity contribution in [1.82, 2.24) is 10.2 Å². The number of hydrogen-bond donors (Lipinski definition) is 1. The summed E-state index contributed by atoms with van der Waals surface area (Å²) in [6.45, 7) is 9.66. The molecule has 0 aliphatic carbocycles. The third-order valence-corrected chi connectivity index (χ3v) is 4.64. The minimum atomic E-state index is -0.363. The minimum Gasteiger partial charge on any atom is -0.469 e. The van der Waals surface area contributed by atoms with Crippen LogP contribution in [-0.2, 0) is 9.53 Å². The molecule has 0 amide bonds. The van der Waals surface area contributed by atoms with Crippen LogP contribution in [0.1, 0.15) is 33.1 Å². The predicted octanol–water partition coefficient (Wildman–Crippen LogP) is 1.26. The van der Waals surface area contributed by atoms with Gasteiger partial charge in [0.1, 0.15) is 0 Å². The Labute approximate surface area is 110 Å². The van der Waals surface area contributed by atoms with Crippen LogP contribution < -0.4 is 5.32 Å². The van der Waals surface area contributed by atoms with Crippen LogP contribution in [0.25, 0.3) is 0 Å². The van der Waals surface area contributed by atoms with Gasteiger partial charge in [-0.3, -0.25) is 4.79 Å². The molecule has 1 atom stereocenters. The fraction of sp³-hybridized carbons (Fsp3) is 0.929. The quantitative estimate of drug-likeness (QED) is 0.767. The van der Waals surface area contributed by atoms with Crippen molar-refractivity contribution >= 4 is 5.97 Å². The lowest BCUT2D eigenvalue weighted by Crippen LogP contribution is -2.34. The van der Waals surface area contributed by atoms with E-state index < -0.39 is 0 Å². The Bertz CT molecular complexity index is 309. The summed E-state index contributed by atoms with van der Waals surface area (Å²) in [6, 6.07) is 0. The summed E-state index contributed by atoms with van der Waals surface area (Å²) >= 11 is 0. The molecule has 0 aromatic rings. The van der Waals surface area contributed by atoms with E-state index in [1.807, 2.05) is 13.8 Å². The molecular formula is C14H26N2O2. The Kier molecular flexibility index (Phi) is 3.97. The SMILES string of the molecule is COC(=O)C(C)(C)CCN1CCC2(CCNC2)C1. The number of methoxy groups -OCH3 is 1. The summed E-state index contributed by atoms with van der Waals surface area (Å²) in [7, 11) is 1.47. The van der Waals surface area contributed by atoms with Gasteiger partial charge in [0.15, 0.2) is 0 Å². The zero-order chi connectivity index (χ0) is 13.2. The molecule has 2 saturated heterocycles. The fourth-order valence-corrected chi connectivity index (χ4v) is 3.18. The molecule has 18 heavy (non-hydrogen) atoms. The first-order valence-electron chi connectivity index (χ1n) is 6.99. The smallest absolute Gasteiger partial charge is 0.311 e. The third-order valence-electron chi connectivity index (χ3n) is 4.64. The number of nitrogens with one attached hydrogen (secondary N) is 1. The highest BCUT2D eigenvalue weighted by Crippen LogP contribution is 2.36. The van der Waals surface area contributed by atoms with Gasteiger partial charge in [-0.15, -0.1) is 0 Å². The second-order valence-corrected chi connectivity index (χ2v) is 6.58. The average Bonchev–Trinajstić information content (AvgIpc) is 2.97. The van der Waals surface area contributed by atoms with Crippen LogP contribution in [0, 0.1) is 10.8 Å². The third kappa shape index (κ3) is 2.86. The van der Waals surface area contributed by atoms with Crippen molar-refractivity contribution in [2.24, 2.45) is 10.8 Å². The topological polar surface area (TPSA) is 41.6 Å². The number of rotatable bonds is 4. The molecule has 4 heteroatoms. The molecule has 0 aromatic heterocycles. The molecule has 0 radical (unpaired) electrons. The van der Waals surface area contributed by atoms with E-state index in [0.717, 1.165) is 13.0 Å². The van der Waals surface area contributed by atoms with Crippen molar-refractivity contribution in [1.29, 1.82) is 0 Å². The van der Waals surface area contributed by atoms with E-state index in [1.165, 1.54) is 46.1 Å². The van der Waals surface area contributed by atoms with Gasteiger partial charge in [0.2, 0.25) is 0 Å². The van der Waals surface area contributed by atoms with E-state index in [-0.39, 0.29) is 11.4 Å². The maximum atomic E-state index is 11.6. The van der Waals surface area contributed by atoms with Gasteiger partial charge in [-0.25, -0.2) is 0 Å². The van der Waals surface area contributed by atoms with Gasteiger partial charge in [0.05, 0.1) is 12.5 Å². The molecule has 2 aliphatic rings. The molecule has 0 saturated carbocycles. The molecule has 0 bridgehead atoms. The van der Waals surface area contributed by atoms with E-state index in [4.69, 9.17) is 4.74 Å². The number of hydrogen-bond acceptors (Lipinski definition) is 4. The van der Waals surface area contributed by atoms with Gasteiger partial charge in [-0.1, -0.05) is 0 Å². The summed E-state index contributed by atoms with van der Waals surface area (Å²) in [4.78, 5) is 14.1. The number of carbonyl (C=O) groups is 1. The van der Waals surface area contributed by atoms with Crippen LogP contribution in [0.15, 0.2) is 0 Å². The molecule has 1 unspecified atom stereocenters. The van der Waals surface area contributed by atoms with Crippen molar-refractivity contribution in [2.75, 3.05) is 39.8 Å². The average molecular weight is 254 g/mol. The van der Waals surface area contributed by atoms with Gasteiger partial charge in [0, 0.05) is 13.1 Å². The Hall–Kier alpha value is -0.610. The Morgan fingerprint density at radius 2 is 2.22 bits per heavy atom. The van der Waals surface area contributed by atoms with Crippen molar-refractivity contribution in [2.45, 2.75) is 33.1 Å². The van der Waals surface area contributed by atoms with E-state index in [1.54, 1.807) is 0 Å². The molecule has 104 valence electrons. The highest BCUT2D eigenvalue weighted by molar-refractivity contribution is 5.75. The standard InChI is InChI=1S/C14H26N2O2/c1-13(2,12(17)18-3)5-8-16-9-6-14(11-16)4-7-15-10-14/h15H,4-11H2,1-3H3. The van der Waals surface area contributed by atoms with Gasteiger partial charge in [-0.2, -0.15) is 0 Å². The van der Waals surface area contributed by atoms with Crippen molar-refractivity contribution in [3.63, 3.8) is 0 Å². The summed E-state index contributed by atoms with van der Waals surface area (Å²) in [6.07, 6.45) is 3.49. The first-order chi connectivity index (χ1) is 8.47. The minimum absolute atomic E-state index is 0.0982. The van der Waals surface area contributed by atoms with Crippen molar-refractivity contribution in [3.8, 4) is 0 Å². The van der Waals surface area contributed by atoms with Gasteiger partial charge < -0.3 is 15.0 Å². The Morgan fingerprint density at radius 1 is 1.44 bits per heavy atom. The molecular weight excluding hydrogens is 228 g/mol. The largest absolute Gasteiger partial charge is 0.469 e. The molecule has 2 fully saturated rings.